The van der Waals surface area contributed by atoms with Crippen molar-refractivity contribution in [1.82, 2.24) is 4.90 Å². The van der Waals surface area contributed by atoms with E-state index >= 15 is 0 Å². The van der Waals surface area contributed by atoms with Crippen molar-refractivity contribution in [3.05, 3.63) is 64.2 Å². The van der Waals surface area contributed by atoms with Gasteiger partial charge in [0.25, 0.3) is 0 Å². The fourth-order valence-corrected chi connectivity index (χ4v) is 3.79. The van der Waals surface area contributed by atoms with Gasteiger partial charge in [0, 0.05) is 31.3 Å². The third-order valence-electron chi connectivity index (χ3n) is 5.36. The highest BCUT2D eigenvalue weighted by molar-refractivity contribution is 6.31. The Hall–Kier alpha value is -1.59. The molecule has 0 spiro atoms. The fraction of sp³-hybridized carbons (Fsp3) is 0.500. The Morgan fingerprint density at radius 2 is 1.97 bits per heavy atom. The van der Waals surface area contributed by atoms with Crippen LogP contribution in [-0.4, -0.2) is 48.5 Å². The van der Waals surface area contributed by atoms with E-state index in [0.717, 1.165) is 55.3 Å². The van der Waals surface area contributed by atoms with E-state index in [9.17, 15) is 5.11 Å². The molecule has 0 aromatic heterocycles. The molecule has 2 unspecified atom stereocenters. The zero-order valence-electron chi connectivity index (χ0n) is 17.4. The Kier molecular flexibility index (Phi) is 8.37. The molecule has 2 aromatic carbocycles. The number of ether oxygens (including phenoxy) is 2. The normalized spacial score (nSPS) is 17.6. The molecule has 5 heteroatoms. The molecular weight excluding hydrogens is 386 g/mol. The van der Waals surface area contributed by atoms with Gasteiger partial charge >= 0.3 is 0 Å². The second kappa shape index (κ2) is 11.0. The average molecular weight is 418 g/mol. The summed E-state index contributed by atoms with van der Waals surface area (Å²) in [6, 6.07) is 14.3. The predicted molar refractivity (Wildman–Crippen MR) is 118 cm³/mol. The Labute approximate surface area is 179 Å². The molecule has 0 aliphatic carbocycles. The minimum atomic E-state index is -0.581. The summed E-state index contributed by atoms with van der Waals surface area (Å²) >= 11 is 6.07. The van der Waals surface area contributed by atoms with Crippen molar-refractivity contribution in [1.29, 1.82) is 0 Å². The van der Waals surface area contributed by atoms with Crippen molar-refractivity contribution in [3.63, 3.8) is 0 Å². The highest BCUT2D eigenvalue weighted by atomic mass is 35.5. The molecule has 0 saturated carbocycles. The van der Waals surface area contributed by atoms with Crippen LogP contribution < -0.4 is 4.74 Å². The van der Waals surface area contributed by atoms with E-state index in [-0.39, 0.29) is 12.7 Å². The number of hydrogen-bond acceptors (Lipinski definition) is 4. The minimum Gasteiger partial charge on any atom is -0.491 e. The number of rotatable bonds is 10. The second-order valence-electron chi connectivity index (χ2n) is 7.87. The lowest BCUT2D eigenvalue weighted by atomic mass is 10.1. The Bertz CT molecular complexity index is 759. The number of aliphatic hydroxyl groups excluding tert-OH is 1. The summed E-state index contributed by atoms with van der Waals surface area (Å²) in [5.74, 6) is 0.729. The van der Waals surface area contributed by atoms with Crippen molar-refractivity contribution in [3.8, 4) is 5.75 Å². The molecular formula is C24H32ClNO3. The summed E-state index contributed by atoms with van der Waals surface area (Å²) in [5, 5.41) is 11.3. The van der Waals surface area contributed by atoms with Crippen LogP contribution in [-0.2, 0) is 17.7 Å². The number of aryl methyl sites for hydroxylation is 2. The quantitative estimate of drug-likeness (QED) is 0.611. The molecule has 1 aliphatic heterocycles. The van der Waals surface area contributed by atoms with E-state index in [4.69, 9.17) is 21.1 Å². The monoisotopic (exact) mass is 417 g/mol. The van der Waals surface area contributed by atoms with Crippen LogP contribution in [0.3, 0.4) is 0 Å². The molecule has 1 fully saturated rings. The molecule has 158 valence electrons. The first-order valence-corrected chi connectivity index (χ1v) is 10.9. The van der Waals surface area contributed by atoms with Crippen LogP contribution in [0.15, 0.2) is 42.5 Å². The maximum atomic E-state index is 10.6. The highest BCUT2D eigenvalue weighted by Gasteiger charge is 2.21. The van der Waals surface area contributed by atoms with Crippen LogP contribution >= 0.6 is 11.6 Å². The van der Waals surface area contributed by atoms with Gasteiger partial charge < -0.3 is 14.6 Å². The van der Waals surface area contributed by atoms with Gasteiger partial charge in [0.1, 0.15) is 18.5 Å². The smallest absolute Gasteiger partial charge is 0.119 e. The van der Waals surface area contributed by atoms with Crippen LogP contribution in [0.5, 0.6) is 5.75 Å². The summed E-state index contributed by atoms with van der Waals surface area (Å²) in [6.45, 7) is 7.36. The Balaban J connectivity index is 1.57. The van der Waals surface area contributed by atoms with Gasteiger partial charge in [0.15, 0.2) is 0 Å². The summed E-state index contributed by atoms with van der Waals surface area (Å²) in [6.07, 6.45) is 2.91. The van der Waals surface area contributed by atoms with Crippen molar-refractivity contribution < 1.29 is 14.6 Å². The van der Waals surface area contributed by atoms with Crippen LogP contribution in [0.4, 0.5) is 0 Å². The molecule has 2 aromatic rings. The van der Waals surface area contributed by atoms with E-state index in [0.29, 0.717) is 6.54 Å². The second-order valence-corrected chi connectivity index (χ2v) is 8.28. The number of nitrogens with zero attached hydrogens (tertiary/aromatic N) is 1. The summed E-state index contributed by atoms with van der Waals surface area (Å²) < 4.78 is 11.6. The van der Waals surface area contributed by atoms with E-state index in [1.54, 1.807) is 0 Å². The minimum absolute atomic E-state index is 0.247. The number of benzene rings is 2. The van der Waals surface area contributed by atoms with Crippen molar-refractivity contribution in [2.45, 2.75) is 51.9 Å². The average Bonchev–Trinajstić information content (AvgIpc) is 3.22. The van der Waals surface area contributed by atoms with E-state index in [1.807, 2.05) is 25.1 Å². The first kappa shape index (κ1) is 22.1. The molecule has 0 radical (unpaired) electrons. The highest BCUT2D eigenvalue weighted by Crippen LogP contribution is 2.21. The van der Waals surface area contributed by atoms with Crippen molar-refractivity contribution in [2.24, 2.45) is 0 Å². The first-order chi connectivity index (χ1) is 14.0. The van der Waals surface area contributed by atoms with Crippen molar-refractivity contribution >= 4 is 11.6 Å². The molecule has 1 N–H and O–H groups in total. The molecule has 3 rings (SSSR count). The molecule has 1 aliphatic rings. The lowest BCUT2D eigenvalue weighted by molar-refractivity contribution is 0.0313. The zero-order valence-corrected chi connectivity index (χ0v) is 18.2. The van der Waals surface area contributed by atoms with Crippen LogP contribution in [0.25, 0.3) is 0 Å². The van der Waals surface area contributed by atoms with Crippen LogP contribution in [0, 0.1) is 6.92 Å². The van der Waals surface area contributed by atoms with Gasteiger partial charge in [-0.15, -0.1) is 0 Å². The number of halogens is 1. The van der Waals surface area contributed by atoms with Gasteiger partial charge in [-0.25, -0.2) is 0 Å². The Morgan fingerprint density at radius 1 is 1.21 bits per heavy atom. The topological polar surface area (TPSA) is 41.9 Å². The van der Waals surface area contributed by atoms with E-state index in [2.05, 4.69) is 36.1 Å². The lowest BCUT2D eigenvalue weighted by Gasteiger charge is -2.27. The fourth-order valence-electron chi connectivity index (χ4n) is 3.67. The third kappa shape index (κ3) is 7.00. The molecule has 2 atom stereocenters. The molecule has 29 heavy (non-hydrogen) atoms. The van der Waals surface area contributed by atoms with Gasteiger partial charge in [-0.1, -0.05) is 42.8 Å². The van der Waals surface area contributed by atoms with Gasteiger partial charge in [0.2, 0.25) is 0 Å². The maximum Gasteiger partial charge on any atom is 0.119 e. The van der Waals surface area contributed by atoms with Crippen molar-refractivity contribution in [2.75, 3.05) is 26.3 Å². The molecule has 1 heterocycles. The van der Waals surface area contributed by atoms with E-state index in [1.165, 1.54) is 11.1 Å². The van der Waals surface area contributed by atoms with Gasteiger partial charge in [0.05, 0.1) is 6.10 Å². The number of hydrogen-bond donors (Lipinski definition) is 1. The van der Waals surface area contributed by atoms with Crippen LogP contribution in [0.1, 0.15) is 36.5 Å². The predicted octanol–water partition coefficient (Wildman–Crippen LogP) is 4.63. The summed E-state index contributed by atoms with van der Waals surface area (Å²) in [4.78, 5) is 2.28. The number of aliphatic hydroxyl groups is 1. The van der Waals surface area contributed by atoms with Crippen LogP contribution in [0.2, 0.25) is 5.02 Å². The standard InChI is InChI=1S/C24H32ClNO3/c1-3-19-6-8-20(9-7-19)14-26(16-23-5-4-12-28-23)15-21(27)17-29-22-10-11-24(25)18(2)13-22/h6-11,13,21,23,27H,3-5,12,14-17H2,1-2H3. The molecule has 0 amide bonds. The molecule has 0 bridgehead atoms. The maximum absolute atomic E-state index is 10.6. The van der Waals surface area contributed by atoms with Gasteiger partial charge in [-0.05, 0) is 61.1 Å². The summed E-state index contributed by atoms with van der Waals surface area (Å²) in [5.41, 5.74) is 3.56. The van der Waals surface area contributed by atoms with Gasteiger partial charge in [-0.3, -0.25) is 4.90 Å². The third-order valence-corrected chi connectivity index (χ3v) is 5.79. The first-order valence-electron chi connectivity index (χ1n) is 10.5. The largest absolute Gasteiger partial charge is 0.491 e. The van der Waals surface area contributed by atoms with E-state index < -0.39 is 6.10 Å². The molecule has 1 saturated heterocycles. The SMILES string of the molecule is CCc1ccc(CN(CC(O)COc2ccc(Cl)c(C)c2)CC2CCCO2)cc1. The molecule has 4 nitrogen and oxygen atoms in total. The summed E-state index contributed by atoms with van der Waals surface area (Å²) in [7, 11) is 0. The zero-order chi connectivity index (χ0) is 20.6. The Morgan fingerprint density at radius 3 is 2.62 bits per heavy atom. The van der Waals surface area contributed by atoms with Gasteiger partial charge in [-0.2, -0.15) is 0 Å². The lowest BCUT2D eigenvalue weighted by Crippen LogP contribution is -2.39.